The summed E-state index contributed by atoms with van der Waals surface area (Å²) < 4.78 is 5.68. The fourth-order valence-electron chi connectivity index (χ4n) is 1.68. The second-order valence-electron chi connectivity index (χ2n) is 3.84. The average molecular weight is 274 g/mol. The van der Waals surface area contributed by atoms with Crippen LogP contribution in [-0.2, 0) is 13.2 Å². The molecule has 0 atom stereocenters. The number of pyridine rings is 1. The van der Waals surface area contributed by atoms with Gasteiger partial charge < -0.3 is 10.5 Å². The van der Waals surface area contributed by atoms with E-state index in [1.165, 1.54) is 0 Å². The predicted molar refractivity (Wildman–Crippen MR) is 72.6 cm³/mol. The number of nitrogens with zero attached hydrogens (tertiary/aromatic N) is 2. The second kappa shape index (κ2) is 6.19. The first-order chi connectivity index (χ1) is 9.26. The number of ether oxygens (including phenoxy) is 1. The number of nitriles is 1. The maximum absolute atomic E-state index is 8.96. The molecule has 0 aliphatic heterocycles. The van der Waals surface area contributed by atoms with Crippen LogP contribution in [0.1, 0.15) is 16.8 Å². The van der Waals surface area contributed by atoms with Gasteiger partial charge in [-0.2, -0.15) is 5.26 Å². The first-order valence-corrected chi connectivity index (χ1v) is 6.08. The van der Waals surface area contributed by atoms with Crippen molar-refractivity contribution in [3.63, 3.8) is 0 Å². The van der Waals surface area contributed by atoms with E-state index in [0.29, 0.717) is 28.6 Å². The lowest BCUT2D eigenvalue weighted by atomic mass is 10.2. The van der Waals surface area contributed by atoms with Crippen molar-refractivity contribution in [2.75, 3.05) is 0 Å². The zero-order chi connectivity index (χ0) is 13.7. The fraction of sp³-hybridized carbons (Fsp3) is 0.143. The zero-order valence-corrected chi connectivity index (χ0v) is 10.9. The van der Waals surface area contributed by atoms with Crippen molar-refractivity contribution in [1.82, 2.24) is 4.98 Å². The first-order valence-electron chi connectivity index (χ1n) is 5.70. The molecule has 0 spiro atoms. The largest absolute Gasteiger partial charge is 0.487 e. The molecule has 0 radical (unpaired) electrons. The first kappa shape index (κ1) is 13.3. The molecular weight excluding hydrogens is 262 g/mol. The van der Waals surface area contributed by atoms with Gasteiger partial charge in [-0.25, -0.2) is 4.98 Å². The summed E-state index contributed by atoms with van der Waals surface area (Å²) in [6, 6.07) is 11.0. The van der Waals surface area contributed by atoms with Crippen LogP contribution in [0.3, 0.4) is 0 Å². The van der Waals surface area contributed by atoms with Gasteiger partial charge in [0.2, 0.25) is 0 Å². The molecule has 2 N–H and O–H groups in total. The smallest absolute Gasteiger partial charge is 0.147 e. The van der Waals surface area contributed by atoms with Crippen LogP contribution in [0.15, 0.2) is 36.5 Å². The quantitative estimate of drug-likeness (QED) is 0.929. The van der Waals surface area contributed by atoms with Crippen molar-refractivity contribution in [2.45, 2.75) is 13.2 Å². The molecule has 4 nitrogen and oxygen atoms in total. The molecule has 0 aliphatic carbocycles. The number of nitrogens with two attached hydrogens (primary N) is 1. The maximum Gasteiger partial charge on any atom is 0.147 e. The van der Waals surface area contributed by atoms with Crippen LogP contribution in [0.2, 0.25) is 5.02 Å². The van der Waals surface area contributed by atoms with Gasteiger partial charge in [0.15, 0.2) is 0 Å². The molecule has 19 heavy (non-hydrogen) atoms. The van der Waals surface area contributed by atoms with Gasteiger partial charge in [-0.15, -0.1) is 0 Å². The summed E-state index contributed by atoms with van der Waals surface area (Å²) >= 11 is 6.09. The minimum Gasteiger partial charge on any atom is -0.487 e. The topological polar surface area (TPSA) is 71.9 Å². The number of aromatic nitrogens is 1. The Bertz CT molecular complexity index is 622. The molecule has 2 aromatic rings. The van der Waals surface area contributed by atoms with Crippen LogP contribution in [0.5, 0.6) is 5.75 Å². The van der Waals surface area contributed by atoms with Crippen molar-refractivity contribution in [2.24, 2.45) is 5.73 Å². The van der Waals surface area contributed by atoms with E-state index in [1.807, 2.05) is 18.2 Å². The van der Waals surface area contributed by atoms with Crippen molar-refractivity contribution >= 4 is 11.6 Å². The Morgan fingerprint density at radius 3 is 2.79 bits per heavy atom. The lowest BCUT2D eigenvalue weighted by molar-refractivity contribution is 0.302. The molecule has 1 aromatic heterocycles. The number of hydrogen-bond donors (Lipinski definition) is 1. The van der Waals surface area contributed by atoms with Crippen LogP contribution in [0.25, 0.3) is 0 Å². The zero-order valence-electron chi connectivity index (χ0n) is 10.1. The average Bonchev–Trinajstić information content (AvgIpc) is 2.46. The van der Waals surface area contributed by atoms with E-state index in [0.717, 1.165) is 5.56 Å². The molecule has 1 heterocycles. The predicted octanol–water partition coefficient (Wildman–Crippen LogP) is 2.64. The summed E-state index contributed by atoms with van der Waals surface area (Å²) in [6.07, 6.45) is 1.57. The Labute approximate surface area is 116 Å². The minimum atomic E-state index is 0.230. The van der Waals surface area contributed by atoms with Gasteiger partial charge in [0.05, 0.1) is 5.02 Å². The summed E-state index contributed by atoms with van der Waals surface area (Å²) in [4.78, 5) is 3.98. The standard InChI is InChI=1S/C14H12ClN3O/c15-12-5-1-3-10(7-16)14(12)19-9-11-4-2-6-18-13(11)8-17/h1-6H,7,9,16H2. The molecule has 5 heteroatoms. The Hall–Kier alpha value is -2.09. The summed E-state index contributed by atoms with van der Waals surface area (Å²) in [6.45, 7) is 0.571. The lowest BCUT2D eigenvalue weighted by Gasteiger charge is -2.12. The molecule has 0 bridgehead atoms. The number of hydrogen-bond acceptors (Lipinski definition) is 4. The van der Waals surface area contributed by atoms with Gasteiger partial charge in [0.25, 0.3) is 0 Å². The second-order valence-corrected chi connectivity index (χ2v) is 4.25. The Balaban J connectivity index is 2.22. The monoisotopic (exact) mass is 273 g/mol. The van der Waals surface area contributed by atoms with E-state index >= 15 is 0 Å². The van der Waals surface area contributed by atoms with E-state index in [9.17, 15) is 0 Å². The highest BCUT2D eigenvalue weighted by atomic mass is 35.5. The summed E-state index contributed by atoms with van der Waals surface area (Å²) in [5.41, 5.74) is 7.54. The van der Waals surface area contributed by atoms with Crippen LogP contribution < -0.4 is 10.5 Å². The lowest BCUT2D eigenvalue weighted by Crippen LogP contribution is -2.04. The molecule has 0 unspecified atom stereocenters. The van der Waals surface area contributed by atoms with Crippen molar-refractivity contribution < 1.29 is 4.74 Å². The highest BCUT2D eigenvalue weighted by molar-refractivity contribution is 6.32. The molecule has 2 rings (SSSR count). The summed E-state index contributed by atoms with van der Waals surface area (Å²) in [5.74, 6) is 0.555. The maximum atomic E-state index is 8.96. The highest BCUT2D eigenvalue weighted by Crippen LogP contribution is 2.29. The third kappa shape index (κ3) is 3.02. The van der Waals surface area contributed by atoms with E-state index in [-0.39, 0.29) is 6.61 Å². The molecule has 0 fully saturated rings. The van der Waals surface area contributed by atoms with Crippen molar-refractivity contribution in [1.29, 1.82) is 5.26 Å². The SMILES string of the molecule is N#Cc1ncccc1COc1c(Cl)cccc1CN. The van der Waals surface area contributed by atoms with E-state index < -0.39 is 0 Å². The van der Waals surface area contributed by atoms with Gasteiger partial charge in [0, 0.05) is 23.9 Å². The van der Waals surface area contributed by atoms with Gasteiger partial charge in [-0.05, 0) is 12.1 Å². The third-order valence-electron chi connectivity index (χ3n) is 2.64. The molecule has 0 saturated carbocycles. The van der Waals surface area contributed by atoms with Crippen LogP contribution >= 0.6 is 11.6 Å². The highest BCUT2D eigenvalue weighted by Gasteiger charge is 2.09. The minimum absolute atomic E-state index is 0.230. The van der Waals surface area contributed by atoms with E-state index in [2.05, 4.69) is 4.98 Å². The van der Waals surface area contributed by atoms with E-state index in [4.69, 9.17) is 27.3 Å². The van der Waals surface area contributed by atoms with Crippen LogP contribution in [0.4, 0.5) is 0 Å². The van der Waals surface area contributed by atoms with E-state index in [1.54, 1.807) is 24.4 Å². The number of benzene rings is 1. The fourth-order valence-corrected chi connectivity index (χ4v) is 1.93. The van der Waals surface area contributed by atoms with Crippen LogP contribution in [0, 0.1) is 11.3 Å². The van der Waals surface area contributed by atoms with Gasteiger partial charge >= 0.3 is 0 Å². The Morgan fingerprint density at radius 2 is 2.05 bits per heavy atom. The van der Waals surface area contributed by atoms with Gasteiger partial charge in [-0.3, -0.25) is 0 Å². The molecular formula is C14H12ClN3O. The van der Waals surface area contributed by atoms with Crippen LogP contribution in [-0.4, -0.2) is 4.98 Å². The summed E-state index contributed by atoms with van der Waals surface area (Å²) in [7, 11) is 0. The normalized spacial score (nSPS) is 9.95. The Kier molecular flexibility index (Phi) is 4.35. The third-order valence-corrected chi connectivity index (χ3v) is 2.94. The van der Waals surface area contributed by atoms with Crippen molar-refractivity contribution in [3.8, 4) is 11.8 Å². The molecule has 96 valence electrons. The molecule has 1 aromatic carbocycles. The number of halogens is 1. The number of rotatable bonds is 4. The molecule has 0 amide bonds. The van der Waals surface area contributed by atoms with Crippen molar-refractivity contribution in [3.05, 3.63) is 58.4 Å². The Morgan fingerprint density at radius 1 is 1.26 bits per heavy atom. The molecule has 0 saturated heterocycles. The van der Waals surface area contributed by atoms with Gasteiger partial charge in [-0.1, -0.05) is 29.8 Å². The number of para-hydroxylation sites is 1. The van der Waals surface area contributed by atoms with Gasteiger partial charge in [0.1, 0.15) is 24.1 Å². The molecule has 0 aliphatic rings. The summed E-state index contributed by atoms with van der Waals surface area (Å²) in [5, 5.41) is 9.46.